The molecule has 0 saturated heterocycles. The van der Waals surface area contributed by atoms with Gasteiger partial charge in [0, 0.05) is 28.6 Å². The van der Waals surface area contributed by atoms with Crippen LogP contribution < -0.4 is 5.43 Å². The number of hydrogen-bond donors (Lipinski definition) is 2. The molecule has 6 heteroatoms. The molecule has 2 aromatic carbocycles. The van der Waals surface area contributed by atoms with E-state index < -0.39 is 5.41 Å². The van der Waals surface area contributed by atoms with E-state index >= 15 is 0 Å². The number of carbonyl (C=O) groups excluding carboxylic acids is 1. The molecule has 2 N–H and O–H groups in total. The Morgan fingerprint density at radius 1 is 1.17 bits per heavy atom. The van der Waals surface area contributed by atoms with Gasteiger partial charge in [-0.15, -0.1) is 0 Å². The van der Waals surface area contributed by atoms with Gasteiger partial charge in [-0.1, -0.05) is 17.7 Å². The van der Waals surface area contributed by atoms with Gasteiger partial charge in [0.05, 0.1) is 11.0 Å². The Morgan fingerprint density at radius 2 is 1.96 bits per heavy atom. The first-order valence-electron chi connectivity index (χ1n) is 7.63. The third-order valence-electron chi connectivity index (χ3n) is 4.33. The van der Waals surface area contributed by atoms with Crippen molar-refractivity contribution in [2.45, 2.75) is 18.8 Å². The standard InChI is InChI=1S/C18H15ClN4O/c1-18(9-16(24)23-20-10-18)12-4-7-14-15(8-12)22-17(21-14)11-2-5-13(19)6-3-11/h2-8,10H,9H2,1H3,(H,21,22)(H,23,24). The number of nitrogens with one attached hydrogen (secondary N) is 2. The van der Waals surface area contributed by atoms with Gasteiger partial charge < -0.3 is 4.98 Å². The number of hydrazone groups is 1. The number of H-pyrrole nitrogens is 1. The fourth-order valence-electron chi connectivity index (χ4n) is 2.95. The maximum atomic E-state index is 11.7. The van der Waals surface area contributed by atoms with Crippen LogP contribution in [0.2, 0.25) is 5.02 Å². The number of amides is 1. The fourth-order valence-corrected chi connectivity index (χ4v) is 3.08. The Labute approximate surface area is 143 Å². The van der Waals surface area contributed by atoms with Gasteiger partial charge in [-0.25, -0.2) is 10.4 Å². The summed E-state index contributed by atoms with van der Waals surface area (Å²) in [5, 5.41) is 4.66. The second kappa shape index (κ2) is 5.46. The van der Waals surface area contributed by atoms with Crippen LogP contribution >= 0.6 is 11.6 Å². The summed E-state index contributed by atoms with van der Waals surface area (Å²) in [6.07, 6.45) is 2.16. The minimum atomic E-state index is -0.415. The molecule has 2 heterocycles. The lowest BCUT2D eigenvalue weighted by atomic mass is 9.79. The van der Waals surface area contributed by atoms with Gasteiger partial charge in [0.1, 0.15) is 5.82 Å². The molecule has 1 aliphatic rings. The molecule has 0 radical (unpaired) electrons. The van der Waals surface area contributed by atoms with Gasteiger partial charge in [0.25, 0.3) is 0 Å². The van der Waals surface area contributed by atoms with Crippen molar-refractivity contribution in [2.75, 3.05) is 0 Å². The summed E-state index contributed by atoms with van der Waals surface area (Å²) in [6, 6.07) is 13.5. The summed E-state index contributed by atoms with van der Waals surface area (Å²) in [7, 11) is 0. The molecule has 0 fully saturated rings. The van der Waals surface area contributed by atoms with Gasteiger partial charge >= 0.3 is 0 Å². The molecule has 4 rings (SSSR count). The van der Waals surface area contributed by atoms with Gasteiger partial charge in [0.2, 0.25) is 5.91 Å². The van der Waals surface area contributed by atoms with Crippen LogP contribution in [0, 0.1) is 0 Å². The van der Waals surface area contributed by atoms with Crippen molar-refractivity contribution in [1.29, 1.82) is 0 Å². The first kappa shape index (κ1) is 14.9. The van der Waals surface area contributed by atoms with Crippen molar-refractivity contribution in [1.82, 2.24) is 15.4 Å². The maximum Gasteiger partial charge on any atom is 0.241 e. The number of aromatic amines is 1. The van der Waals surface area contributed by atoms with Crippen LogP contribution in [0.4, 0.5) is 0 Å². The van der Waals surface area contributed by atoms with E-state index in [1.165, 1.54) is 0 Å². The first-order chi connectivity index (χ1) is 11.5. The number of rotatable bonds is 2. The maximum absolute atomic E-state index is 11.7. The number of fused-ring (bicyclic) bond motifs is 1. The zero-order valence-corrected chi connectivity index (χ0v) is 13.8. The number of carbonyl (C=O) groups is 1. The highest BCUT2D eigenvalue weighted by atomic mass is 35.5. The minimum Gasteiger partial charge on any atom is -0.338 e. The molecule has 0 bridgehead atoms. The van der Waals surface area contributed by atoms with Crippen molar-refractivity contribution in [3.05, 3.63) is 53.1 Å². The van der Waals surface area contributed by atoms with E-state index in [1.54, 1.807) is 6.21 Å². The summed E-state index contributed by atoms with van der Waals surface area (Å²) >= 11 is 5.94. The predicted octanol–water partition coefficient (Wildman–Crippen LogP) is 3.65. The topological polar surface area (TPSA) is 70.1 Å². The Kier molecular flexibility index (Phi) is 3.39. The van der Waals surface area contributed by atoms with E-state index in [-0.39, 0.29) is 5.91 Å². The van der Waals surface area contributed by atoms with E-state index in [0.717, 1.165) is 28.0 Å². The highest BCUT2D eigenvalue weighted by Crippen LogP contribution is 2.30. The van der Waals surface area contributed by atoms with Crippen LogP contribution in [0.15, 0.2) is 47.6 Å². The SMILES string of the molecule is CC1(c2ccc3nc(-c4ccc(Cl)cc4)[nH]c3c2)C=NNC(=O)C1. The lowest BCUT2D eigenvalue weighted by Gasteiger charge is -2.27. The van der Waals surface area contributed by atoms with Crippen molar-refractivity contribution in [3.63, 3.8) is 0 Å². The molecule has 1 aliphatic heterocycles. The van der Waals surface area contributed by atoms with E-state index in [4.69, 9.17) is 11.6 Å². The highest BCUT2D eigenvalue weighted by molar-refractivity contribution is 6.30. The lowest BCUT2D eigenvalue weighted by Crippen LogP contribution is -2.37. The number of aromatic nitrogens is 2. The quantitative estimate of drug-likeness (QED) is 0.748. The summed E-state index contributed by atoms with van der Waals surface area (Å²) in [4.78, 5) is 19.6. The van der Waals surface area contributed by atoms with Crippen LogP contribution in [-0.4, -0.2) is 22.1 Å². The predicted molar refractivity (Wildman–Crippen MR) is 95.1 cm³/mol. The minimum absolute atomic E-state index is 0.0773. The molecule has 0 spiro atoms. The second-order valence-corrected chi connectivity index (χ2v) is 6.65. The number of hydrogen-bond acceptors (Lipinski definition) is 3. The summed E-state index contributed by atoms with van der Waals surface area (Å²) < 4.78 is 0. The zero-order chi connectivity index (χ0) is 16.7. The average molecular weight is 339 g/mol. The number of imidazole rings is 1. The molecule has 3 aromatic rings. The number of halogens is 1. The Bertz CT molecular complexity index is 961. The molecular formula is C18H15ClN4O. The molecular weight excluding hydrogens is 324 g/mol. The summed E-state index contributed by atoms with van der Waals surface area (Å²) in [5.41, 5.74) is 5.87. The van der Waals surface area contributed by atoms with Gasteiger partial charge in [-0.3, -0.25) is 4.79 Å². The Morgan fingerprint density at radius 3 is 2.71 bits per heavy atom. The van der Waals surface area contributed by atoms with Crippen molar-refractivity contribution in [3.8, 4) is 11.4 Å². The average Bonchev–Trinajstić information content (AvgIpc) is 2.98. The number of benzene rings is 2. The monoisotopic (exact) mass is 338 g/mol. The summed E-state index contributed by atoms with van der Waals surface area (Å²) in [5.74, 6) is 0.714. The fraction of sp³-hybridized carbons (Fsp3) is 0.167. The lowest BCUT2D eigenvalue weighted by molar-refractivity contribution is -0.122. The third-order valence-corrected chi connectivity index (χ3v) is 4.58. The normalized spacial score (nSPS) is 20.3. The van der Waals surface area contributed by atoms with Crippen LogP contribution in [0.1, 0.15) is 18.9 Å². The molecule has 1 amide bonds. The van der Waals surface area contributed by atoms with Crippen molar-refractivity contribution in [2.24, 2.45) is 5.10 Å². The largest absolute Gasteiger partial charge is 0.338 e. The molecule has 24 heavy (non-hydrogen) atoms. The van der Waals surface area contributed by atoms with Crippen LogP contribution in [0.5, 0.6) is 0 Å². The van der Waals surface area contributed by atoms with Crippen molar-refractivity contribution < 1.29 is 4.79 Å². The van der Waals surface area contributed by atoms with Crippen molar-refractivity contribution >= 4 is 34.8 Å². The van der Waals surface area contributed by atoms with Gasteiger partial charge in [0.15, 0.2) is 0 Å². The molecule has 5 nitrogen and oxygen atoms in total. The third kappa shape index (κ3) is 2.57. The van der Waals surface area contributed by atoms with E-state index in [2.05, 4.69) is 20.5 Å². The van der Waals surface area contributed by atoms with Gasteiger partial charge in [-0.05, 0) is 48.9 Å². The van der Waals surface area contributed by atoms with Crippen LogP contribution in [0.3, 0.4) is 0 Å². The molecule has 1 atom stereocenters. The van der Waals surface area contributed by atoms with Gasteiger partial charge in [-0.2, -0.15) is 5.10 Å². The van der Waals surface area contributed by atoms with E-state index in [9.17, 15) is 4.79 Å². The Hall–Kier alpha value is -2.66. The highest BCUT2D eigenvalue weighted by Gasteiger charge is 2.31. The van der Waals surface area contributed by atoms with E-state index in [0.29, 0.717) is 11.4 Å². The second-order valence-electron chi connectivity index (χ2n) is 6.21. The smallest absolute Gasteiger partial charge is 0.241 e. The van der Waals surface area contributed by atoms with Crippen LogP contribution in [0.25, 0.3) is 22.4 Å². The van der Waals surface area contributed by atoms with Crippen LogP contribution in [-0.2, 0) is 10.2 Å². The molecule has 120 valence electrons. The summed E-state index contributed by atoms with van der Waals surface area (Å²) in [6.45, 7) is 2.01. The zero-order valence-electron chi connectivity index (χ0n) is 13.0. The Balaban J connectivity index is 1.76. The first-order valence-corrected chi connectivity index (χ1v) is 8.01. The molecule has 0 saturated carbocycles. The molecule has 0 aliphatic carbocycles. The number of nitrogens with zero attached hydrogens (tertiary/aromatic N) is 2. The molecule has 1 unspecified atom stereocenters. The molecule has 1 aromatic heterocycles. The van der Waals surface area contributed by atoms with E-state index in [1.807, 2.05) is 49.4 Å².